The van der Waals surface area contributed by atoms with Gasteiger partial charge in [-0.15, -0.1) is 0 Å². The molecule has 18 fully saturated rings. The number of carbonyl (C=O) groups is 7. The summed E-state index contributed by atoms with van der Waals surface area (Å²) < 4.78 is 52.9. The van der Waals surface area contributed by atoms with Crippen molar-refractivity contribution in [3.05, 3.63) is 0 Å². The zero-order chi connectivity index (χ0) is 69.2. The maximum absolute atomic E-state index is 13.3. The van der Waals surface area contributed by atoms with Gasteiger partial charge in [0, 0.05) is 5.92 Å². The van der Waals surface area contributed by atoms with E-state index in [9.17, 15) is 33.6 Å². The third-order valence-corrected chi connectivity index (χ3v) is 32.2. The molecule has 0 aromatic carbocycles. The van der Waals surface area contributed by atoms with Crippen LogP contribution in [0.1, 0.15) is 255 Å². The molecule has 0 saturated heterocycles. The summed E-state index contributed by atoms with van der Waals surface area (Å²) in [5.74, 6) is 11.9. The highest BCUT2D eigenvalue weighted by atomic mass is 16.7. The van der Waals surface area contributed by atoms with E-state index in [4.69, 9.17) is 42.6 Å². The van der Waals surface area contributed by atoms with Crippen molar-refractivity contribution in [1.29, 1.82) is 0 Å². The molecule has 26 atom stereocenters. The van der Waals surface area contributed by atoms with E-state index < -0.39 is 21.8 Å². The molecule has 18 rings (SSSR count). The zero-order valence-electron chi connectivity index (χ0n) is 61.8. The number of ketones is 1. The van der Waals surface area contributed by atoms with Gasteiger partial charge in [-0.05, 0) is 320 Å². The molecular weight excluding hydrogens is 1250 g/mol. The molecule has 0 N–H and O–H groups in total. The van der Waals surface area contributed by atoms with Crippen molar-refractivity contribution in [3.8, 4) is 0 Å². The van der Waals surface area contributed by atoms with E-state index in [-0.39, 0.29) is 110 Å². The quantitative estimate of drug-likeness (QED) is 0.0325. The number of carbonyl (C=O) groups excluding carboxylic acids is 7. The minimum atomic E-state index is -0.692. The summed E-state index contributed by atoms with van der Waals surface area (Å²) in [7, 11) is 0. The average molecular weight is 1380 g/mol. The fourth-order valence-corrected chi connectivity index (χ4v) is 26.7. The molecule has 552 valence electrons. The first-order chi connectivity index (χ1) is 47.5. The lowest BCUT2D eigenvalue weighted by atomic mass is 9.53. The fraction of sp³-hybridized carbons (Fsp3) is 0.916. The van der Waals surface area contributed by atoms with Crippen LogP contribution in [0.3, 0.4) is 0 Å². The number of rotatable bonds is 22. The van der Waals surface area contributed by atoms with Crippen molar-refractivity contribution in [1.82, 2.24) is 0 Å². The number of esters is 6. The molecule has 16 bridgehead atoms. The maximum Gasteiger partial charge on any atom is 0.311 e. The Morgan fingerprint density at radius 2 is 0.768 bits per heavy atom. The SMILES string of the molecule is CCC(C)(C)C(=O)OC1CC2CC1C1C3CC(CC3C(=O)OCOC34CC5CC(CC(C5)C3=O)C4)C21.CCC(C)(C)C(=O)OC1CC2CC1C1C3CC(CC3C(=O)OCOC3CCCCC3)C21.CCC(C)(C)C(=O)OC1CC2CC1C1C3CC(CC3C(=O)OCOCC3CCCCC3)C21. The van der Waals surface area contributed by atoms with Crippen LogP contribution in [0.15, 0.2) is 0 Å². The predicted octanol–water partition coefficient (Wildman–Crippen LogP) is 15.4. The normalized spacial score (nSPS) is 44.1. The Balaban J connectivity index is 0.000000121. The molecule has 0 aromatic heterocycles. The molecule has 0 radical (unpaired) electrons. The van der Waals surface area contributed by atoms with Crippen LogP contribution in [-0.2, 0) is 76.2 Å². The molecule has 0 amide bonds. The van der Waals surface area contributed by atoms with Gasteiger partial charge in [0.25, 0.3) is 0 Å². The minimum Gasteiger partial charge on any atom is -0.462 e. The summed E-state index contributed by atoms with van der Waals surface area (Å²) in [5.41, 5.74) is -1.97. The van der Waals surface area contributed by atoms with E-state index in [0.29, 0.717) is 112 Å². The Morgan fingerprint density at radius 1 is 0.404 bits per heavy atom. The summed E-state index contributed by atoms with van der Waals surface area (Å²) in [6, 6.07) is 0. The predicted molar refractivity (Wildman–Crippen MR) is 366 cm³/mol. The van der Waals surface area contributed by atoms with E-state index in [0.717, 1.165) is 140 Å². The number of hydrogen-bond acceptors (Lipinski definition) is 16. The lowest BCUT2D eigenvalue weighted by molar-refractivity contribution is -0.210. The molecule has 18 saturated carbocycles. The highest BCUT2D eigenvalue weighted by Crippen LogP contribution is 2.72. The third-order valence-electron chi connectivity index (χ3n) is 32.2. The molecule has 16 heteroatoms. The Labute approximate surface area is 591 Å². The lowest BCUT2D eigenvalue weighted by Crippen LogP contribution is -2.59. The van der Waals surface area contributed by atoms with Crippen LogP contribution in [0.2, 0.25) is 0 Å². The van der Waals surface area contributed by atoms with Crippen LogP contribution in [0.25, 0.3) is 0 Å². The summed E-state index contributed by atoms with van der Waals surface area (Å²) in [6.45, 7) is 18.8. The molecule has 0 heterocycles. The second kappa shape index (κ2) is 28.0. The Hall–Kier alpha value is -3.63. The van der Waals surface area contributed by atoms with Gasteiger partial charge in [-0.2, -0.15) is 0 Å². The average Bonchev–Trinajstić information content (AvgIpc) is 1.56. The largest absolute Gasteiger partial charge is 0.462 e. The standard InChI is InChI=1S/C30H42O6.C27H42O5.C26H40O5/c1-4-29(2,3)28(33)36-23-11-18-10-22(23)25-20-8-17(24(18)25)9-21(20)27(32)34-14-35-30-12-15-5-16(13-30)7-19(6-15)26(30)31;1-4-27(2,3)26(29)32-22-13-18-12-21(22)24-19-10-17(23(18)24)11-20(19)25(28)31-15-30-14-16-8-6-5-7-9-16;1-4-26(2,3)25(28)31-21-13-16-12-20(21)23-18-10-15(22(16)23)11-19(18)24(27)30-14-29-17-8-6-5-7-9-17/h15-25H,4-14H2,1-3H3;16-24H,4-15H2,1-3H3;15-23H,4-14H2,1-3H3. The van der Waals surface area contributed by atoms with Crippen LogP contribution in [0.4, 0.5) is 0 Å². The Kier molecular flexibility index (Phi) is 20.1. The van der Waals surface area contributed by atoms with E-state index in [2.05, 4.69) is 0 Å². The number of ether oxygens (including phenoxy) is 9. The molecule has 99 heavy (non-hydrogen) atoms. The van der Waals surface area contributed by atoms with Gasteiger partial charge in [-0.1, -0.05) is 59.3 Å². The number of fused-ring (bicyclic) bond motifs is 27. The van der Waals surface area contributed by atoms with E-state index in [1.165, 1.54) is 70.6 Å². The molecule has 18 aliphatic rings. The van der Waals surface area contributed by atoms with Gasteiger partial charge >= 0.3 is 35.8 Å². The Bertz CT molecular complexity index is 2980. The van der Waals surface area contributed by atoms with E-state index in [1.807, 2.05) is 62.3 Å². The van der Waals surface area contributed by atoms with Gasteiger partial charge < -0.3 is 42.6 Å². The highest BCUT2D eigenvalue weighted by Gasteiger charge is 2.70. The monoisotopic (exact) mass is 1380 g/mol. The first-order valence-electron chi connectivity index (χ1n) is 41.0. The number of hydrogen-bond donors (Lipinski definition) is 0. The van der Waals surface area contributed by atoms with E-state index >= 15 is 0 Å². The topological polar surface area (TPSA) is 203 Å². The van der Waals surface area contributed by atoms with Crippen LogP contribution < -0.4 is 0 Å². The van der Waals surface area contributed by atoms with Crippen LogP contribution in [0.5, 0.6) is 0 Å². The van der Waals surface area contributed by atoms with Gasteiger partial charge in [-0.25, -0.2) is 0 Å². The van der Waals surface area contributed by atoms with E-state index in [1.54, 1.807) is 0 Å². The third kappa shape index (κ3) is 13.2. The second-order valence-corrected chi connectivity index (χ2v) is 38.3. The summed E-state index contributed by atoms with van der Waals surface area (Å²) in [4.78, 5) is 90.3. The lowest BCUT2D eigenvalue weighted by Gasteiger charge is -2.54. The van der Waals surface area contributed by atoms with Crippen LogP contribution in [-0.4, -0.2) is 98.6 Å². The first kappa shape index (κ1) is 71.0. The van der Waals surface area contributed by atoms with Crippen molar-refractivity contribution in [3.63, 3.8) is 0 Å². The molecule has 18 aliphatic carbocycles. The van der Waals surface area contributed by atoms with Crippen molar-refractivity contribution in [2.45, 2.75) is 285 Å². The summed E-state index contributed by atoms with van der Waals surface area (Å²) >= 11 is 0. The highest BCUT2D eigenvalue weighted by molar-refractivity contribution is 5.91. The first-order valence-corrected chi connectivity index (χ1v) is 41.0. The molecule has 0 aromatic rings. The van der Waals surface area contributed by atoms with Crippen LogP contribution in [0, 0.1) is 164 Å². The van der Waals surface area contributed by atoms with Gasteiger partial charge in [0.1, 0.15) is 23.9 Å². The van der Waals surface area contributed by atoms with Crippen molar-refractivity contribution >= 4 is 41.6 Å². The van der Waals surface area contributed by atoms with Gasteiger partial charge in [0.15, 0.2) is 26.2 Å². The van der Waals surface area contributed by atoms with Gasteiger partial charge in [0.05, 0.1) is 46.7 Å². The minimum absolute atomic E-state index is 0.0102. The molecular formula is C83H124O16. The van der Waals surface area contributed by atoms with Crippen LogP contribution >= 0.6 is 0 Å². The second-order valence-electron chi connectivity index (χ2n) is 38.3. The summed E-state index contributed by atoms with van der Waals surface area (Å²) in [5, 5.41) is 0. The number of Topliss-reactive ketones (excluding diaryl/α,β-unsaturated/α-hetero) is 1. The molecule has 26 unspecified atom stereocenters. The fourth-order valence-electron chi connectivity index (χ4n) is 26.7. The summed E-state index contributed by atoms with van der Waals surface area (Å²) in [6.07, 6.45) is 32.9. The zero-order valence-corrected chi connectivity index (χ0v) is 61.8. The smallest absolute Gasteiger partial charge is 0.311 e. The Morgan fingerprint density at radius 3 is 1.17 bits per heavy atom. The molecule has 16 nitrogen and oxygen atoms in total. The van der Waals surface area contributed by atoms with Crippen molar-refractivity contribution in [2.24, 2.45) is 164 Å². The van der Waals surface area contributed by atoms with Crippen molar-refractivity contribution < 1.29 is 76.2 Å². The molecule has 0 aliphatic heterocycles. The van der Waals surface area contributed by atoms with Gasteiger partial charge in [-0.3, -0.25) is 33.6 Å². The molecule has 0 spiro atoms. The van der Waals surface area contributed by atoms with Crippen molar-refractivity contribution in [2.75, 3.05) is 27.0 Å². The maximum atomic E-state index is 13.3. The van der Waals surface area contributed by atoms with Gasteiger partial charge in [0.2, 0.25) is 0 Å².